The normalized spacial score (nSPS) is 7.80. The van der Waals surface area contributed by atoms with Gasteiger partial charge in [0.25, 0.3) is 0 Å². The minimum absolute atomic E-state index is 0. The number of unbranched alkanes of at least 4 members (excludes halogenated alkanes) is 1. The van der Waals surface area contributed by atoms with Crippen LogP contribution in [0, 0.1) is 0 Å². The van der Waals surface area contributed by atoms with E-state index in [4.69, 9.17) is 5.73 Å². The lowest BCUT2D eigenvalue weighted by atomic mass is 10.3. The molecule has 0 aliphatic carbocycles. The maximum absolute atomic E-state index is 5.25. The zero-order valence-corrected chi connectivity index (χ0v) is 8.06. The molecule has 0 heterocycles. The highest BCUT2D eigenvalue weighted by molar-refractivity contribution is 5.85. The Labute approximate surface area is 75.8 Å². The van der Waals surface area contributed by atoms with Crippen molar-refractivity contribution in [1.29, 1.82) is 0 Å². The van der Waals surface area contributed by atoms with Crippen molar-refractivity contribution in [2.24, 2.45) is 5.73 Å². The molecule has 0 fully saturated rings. The average molecular weight is 189 g/mol. The zero-order valence-electron chi connectivity index (χ0n) is 6.43. The van der Waals surface area contributed by atoms with Gasteiger partial charge < -0.3 is 11.1 Å². The van der Waals surface area contributed by atoms with Gasteiger partial charge in [-0.2, -0.15) is 0 Å². The molecular weight excluding hydrogens is 171 g/mol. The smallest absolute Gasteiger partial charge is 0.00745 e. The first-order valence-electron chi connectivity index (χ1n) is 3.32. The Balaban J connectivity index is -0.000000245. The molecule has 3 N–H and O–H groups in total. The van der Waals surface area contributed by atoms with Crippen molar-refractivity contribution in [3.63, 3.8) is 0 Å². The first kappa shape index (κ1) is 16.8. The fourth-order valence-electron chi connectivity index (χ4n) is 0.529. The first-order valence-corrected chi connectivity index (χ1v) is 3.32. The summed E-state index contributed by atoms with van der Waals surface area (Å²) in [6.45, 7) is 5.02. The molecule has 0 aromatic rings. The van der Waals surface area contributed by atoms with Gasteiger partial charge in [0, 0.05) is 13.1 Å². The van der Waals surface area contributed by atoms with Crippen LogP contribution in [0.25, 0.3) is 0 Å². The number of hydrogen-bond donors (Lipinski definition) is 2. The van der Waals surface area contributed by atoms with Crippen LogP contribution in [0.2, 0.25) is 0 Å². The van der Waals surface area contributed by atoms with Crippen LogP contribution in [0.3, 0.4) is 0 Å². The fraction of sp³-hybridized carbons (Fsp3) is 1.00. The summed E-state index contributed by atoms with van der Waals surface area (Å²) in [5, 5.41) is 3.21. The molecule has 10 heavy (non-hydrogen) atoms. The Morgan fingerprint density at radius 3 is 2.20 bits per heavy atom. The minimum Gasteiger partial charge on any atom is -0.329 e. The summed E-state index contributed by atoms with van der Waals surface area (Å²) in [6, 6.07) is 0. The SMILES string of the molecule is CCCCNCCN.Cl.Cl. The second kappa shape index (κ2) is 16.2. The summed E-state index contributed by atoms with van der Waals surface area (Å²) >= 11 is 0. The van der Waals surface area contributed by atoms with Gasteiger partial charge in [0.2, 0.25) is 0 Å². The Hall–Kier alpha value is 0.500. The van der Waals surface area contributed by atoms with Gasteiger partial charge in [-0.05, 0) is 13.0 Å². The van der Waals surface area contributed by atoms with E-state index in [0.717, 1.165) is 19.6 Å². The number of nitrogens with one attached hydrogen (secondary N) is 1. The second-order valence-corrected chi connectivity index (χ2v) is 1.89. The van der Waals surface area contributed by atoms with E-state index in [-0.39, 0.29) is 24.8 Å². The highest BCUT2D eigenvalue weighted by atomic mass is 35.5. The van der Waals surface area contributed by atoms with Gasteiger partial charge >= 0.3 is 0 Å². The lowest BCUT2D eigenvalue weighted by Gasteiger charge is -1.98. The van der Waals surface area contributed by atoms with E-state index in [2.05, 4.69) is 12.2 Å². The van der Waals surface area contributed by atoms with E-state index >= 15 is 0 Å². The summed E-state index contributed by atoms with van der Waals surface area (Å²) in [5.41, 5.74) is 5.25. The van der Waals surface area contributed by atoms with Crippen LogP contribution >= 0.6 is 24.8 Å². The van der Waals surface area contributed by atoms with Crippen LogP contribution in [0.1, 0.15) is 19.8 Å². The van der Waals surface area contributed by atoms with Gasteiger partial charge in [0.1, 0.15) is 0 Å². The molecule has 2 nitrogen and oxygen atoms in total. The van der Waals surface area contributed by atoms with E-state index in [1.807, 2.05) is 0 Å². The predicted molar refractivity (Wildman–Crippen MR) is 51.3 cm³/mol. The van der Waals surface area contributed by atoms with Crippen LogP contribution in [-0.4, -0.2) is 19.6 Å². The fourth-order valence-corrected chi connectivity index (χ4v) is 0.529. The molecule has 0 unspecified atom stereocenters. The van der Waals surface area contributed by atoms with Crippen molar-refractivity contribution in [3.05, 3.63) is 0 Å². The van der Waals surface area contributed by atoms with Gasteiger partial charge in [-0.15, -0.1) is 24.8 Å². The van der Waals surface area contributed by atoms with Crippen molar-refractivity contribution in [1.82, 2.24) is 5.32 Å². The molecule has 0 aromatic heterocycles. The highest BCUT2D eigenvalue weighted by Gasteiger charge is 1.80. The van der Waals surface area contributed by atoms with Crippen molar-refractivity contribution in [3.8, 4) is 0 Å². The monoisotopic (exact) mass is 188 g/mol. The van der Waals surface area contributed by atoms with Gasteiger partial charge in [0.15, 0.2) is 0 Å². The molecule has 0 radical (unpaired) electrons. The minimum atomic E-state index is 0. The van der Waals surface area contributed by atoms with Gasteiger partial charge in [-0.3, -0.25) is 0 Å². The Kier molecular flexibility index (Phi) is 27.4. The Bertz CT molecular complexity index is 38.7. The molecule has 0 spiro atoms. The second-order valence-electron chi connectivity index (χ2n) is 1.89. The van der Waals surface area contributed by atoms with Crippen molar-refractivity contribution >= 4 is 24.8 Å². The number of rotatable bonds is 5. The summed E-state index contributed by atoms with van der Waals surface area (Å²) in [6.07, 6.45) is 2.53. The molecule has 0 amide bonds. The average Bonchev–Trinajstić information content (AvgIpc) is 1.81. The third-order valence-corrected chi connectivity index (χ3v) is 1.03. The summed E-state index contributed by atoms with van der Waals surface area (Å²) in [7, 11) is 0. The maximum atomic E-state index is 5.25. The van der Waals surface area contributed by atoms with E-state index in [1.54, 1.807) is 0 Å². The molecule has 0 rings (SSSR count). The summed E-state index contributed by atoms with van der Waals surface area (Å²) < 4.78 is 0. The molecule has 0 aliphatic rings. The number of nitrogens with two attached hydrogens (primary N) is 1. The van der Waals surface area contributed by atoms with E-state index < -0.39 is 0 Å². The van der Waals surface area contributed by atoms with Crippen LogP contribution in [0.4, 0.5) is 0 Å². The Morgan fingerprint density at radius 1 is 1.20 bits per heavy atom. The molecular formula is C6H18Cl2N2. The number of hydrogen-bond acceptors (Lipinski definition) is 2. The molecule has 0 bridgehead atoms. The van der Waals surface area contributed by atoms with Crippen LogP contribution in [0.15, 0.2) is 0 Å². The molecule has 0 atom stereocenters. The van der Waals surface area contributed by atoms with Crippen molar-refractivity contribution in [2.75, 3.05) is 19.6 Å². The molecule has 0 aliphatic heterocycles. The third-order valence-electron chi connectivity index (χ3n) is 1.03. The molecule has 66 valence electrons. The number of halogens is 2. The van der Waals surface area contributed by atoms with Crippen LogP contribution in [0.5, 0.6) is 0 Å². The Morgan fingerprint density at radius 2 is 1.80 bits per heavy atom. The molecule has 0 saturated carbocycles. The molecule has 0 aromatic carbocycles. The largest absolute Gasteiger partial charge is 0.329 e. The molecule has 4 heteroatoms. The van der Waals surface area contributed by atoms with E-state index in [0.29, 0.717) is 0 Å². The van der Waals surface area contributed by atoms with Crippen molar-refractivity contribution in [2.45, 2.75) is 19.8 Å². The zero-order chi connectivity index (χ0) is 6.24. The third kappa shape index (κ3) is 15.8. The van der Waals surface area contributed by atoms with Crippen LogP contribution < -0.4 is 11.1 Å². The lowest BCUT2D eigenvalue weighted by Crippen LogP contribution is -2.23. The van der Waals surface area contributed by atoms with Crippen molar-refractivity contribution < 1.29 is 0 Å². The van der Waals surface area contributed by atoms with Crippen LogP contribution in [-0.2, 0) is 0 Å². The van der Waals surface area contributed by atoms with Gasteiger partial charge in [0.05, 0.1) is 0 Å². The summed E-state index contributed by atoms with van der Waals surface area (Å²) in [5.74, 6) is 0. The summed E-state index contributed by atoms with van der Waals surface area (Å²) in [4.78, 5) is 0. The van der Waals surface area contributed by atoms with E-state index in [1.165, 1.54) is 12.8 Å². The lowest BCUT2D eigenvalue weighted by molar-refractivity contribution is 0.645. The predicted octanol–water partition coefficient (Wildman–Crippen LogP) is 1.18. The topological polar surface area (TPSA) is 38.0 Å². The standard InChI is InChI=1S/C6H16N2.2ClH/c1-2-3-5-8-6-4-7;;/h8H,2-7H2,1H3;2*1H. The van der Waals surface area contributed by atoms with E-state index in [9.17, 15) is 0 Å². The molecule has 0 saturated heterocycles. The first-order chi connectivity index (χ1) is 3.91. The quantitative estimate of drug-likeness (QED) is 0.637. The maximum Gasteiger partial charge on any atom is 0.00745 e. The highest BCUT2D eigenvalue weighted by Crippen LogP contribution is 1.80. The van der Waals surface area contributed by atoms with Gasteiger partial charge in [-0.25, -0.2) is 0 Å². The van der Waals surface area contributed by atoms with Gasteiger partial charge in [-0.1, -0.05) is 13.3 Å².